The van der Waals surface area contributed by atoms with Crippen LogP contribution in [0.4, 0.5) is 0 Å². The van der Waals surface area contributed by atoms with E-state index in [0.717, 1.165) is 26.5 Å². The highest BCUT2D eigenvalue weighted by Gasteiger charge is 2.21. The quantitative estimate of drug-likeness (QED) is 0.181. The molecule has 0 bridgehead atoms. The molecule has 0 radical (unpaired) electrons. The lowest BCUT2D eigenvalue weighted by Crippen LogP contribution is -1.88. The van der Waals surface area contributed by atoms with Gasteiger partial charge in [-0.1, -0.05) is 127 Å². The van der Waals surface area contributed by atoms with E-state index in [9.17, 15) is 0 Å². The number of benzene rings is 9. The molecule has 0 saturated heterocycles. The number of aromatic amines is 2. The second kappa shape index (κ2) is 10.1. The van der Waals surface area contributed by atoms with E-state index < -0.39 is 0 Å². The van der Waals surface area contributed by atoms with Crippen molar-refractivity contribution in [1.82, 2.24) is 9.97 Å². The van der Waals surface area contributed by atoms with Gasteiger partial charge in [0, 0.05) is 48.1 Å². The highest BCUT2D eigenvalue weighted by atomic mass is 79.9. The van der Waals surface area contributed by atoms with Crippen molar-refractivity contribution in [3.05, 3.63) is 156 Å². The molecule has 2 nitrogen and oxygen atoms in total. The predicted octanol–water partition coefficient (Wildman–Crippen LogP) is 13.7. The number of fused-ring (bicyclic) bond motifs is 14. The van der Waals surface area contributed by atoms with Crippen molar-refractivity contribution in [2.24, 2.45) is 0 Å². The zero-order chi connectivity index (χ0) is 32.2. The maximum atomic E-state index is 4.13. The number of aromatic nitrogens is 2. The Morgan fingerprint density at radius 1 is 0.367 bits per heavy atom. The average Bonchev–Trinajstić information content (AvgIpc) is 3.74. The van der Waals surface area contributed by atoms with E-state index in [-0.39, 0.29) is 0 Å². The summed E-state index contributed by atoms with van der Waals surface area (Å²) in [5.74, 6) is 0. The Hall–Kier alpha value is -5.90. The van der Waals surface area contributed by atoms with Crippen molar-refractivity contribution >= 4 is 103 Å². The van der Waals surface area contributed by atoms with E-state index in [0.29, 0.717) is 0 Å². The first-order valence-corrected chi connectivity index (χ1v) is 17.5. The summed E-state index contributed by atoms with van der Waals surface area (Å²) >= 11 is 4.13. The van der Waals surface area contributed by atoms with Crippen LogP contribution in [0.15, 0.2) is 156 Å². The smallest absolute Gasteiger partial charge is 0.0562 e. The summed E-state index contributed by atoms with van der Waals surface area (Å²) in [6, 6.07) is 55.3. The van der Waals surface area contributed by atoms with Crippen LogP contribution >= 0.6 is 15.9 Å². The monoisotopic (exact) mass is 686 g/mol. The van der Waals surface area contributed by atoms with Crippen molar-refractivity contribution in [2.45, 2.75) is 0 Å². The zero-order valence-electron chi connectivity index (χ0n) is 26.3. The van der Waals surface area contributed by atoms with Crippen molar-refractivity contribution in [2.75, 3.05) is 0 Å². The molecule has 3 heteroatoms. The lowest BCUT2D eigenvalue weighted by atomic mass is 9.91. The molecule has 0 amide bonds. The average molecular weight is 688 g/mol. The Kier molecular flexibility index (Phi) is 5.56. The van der Waals surface area contributed by atoms with Gasteiger partial charge in [0.1, 0.15) is 0 Å². The number of hydrogen-bond acceptors (Lipinski definition) is 0. The first-order chi connectivity index (χ1) is 24.2. The van der Waals surface area contributed by atoms with Gasteiger partial charge >= 0.3 is 0 Å². The zero-order valence-corrected chi connectivity index (χ0v) is 27.9. The Morgan fingerprint density at radius 2 is 0.939 bits per heavy atom. The Bertz CT molecular complexity index is 3170. The fraction of sp³-hybridized carbons (Fsp3) is 0. The van der Waals surface area contributed by atoms with Crippen molar-refractivity contribution in [3.8, 4) is 22.3 Å². The van der Waals surface area contributed by atoms with E-state index in [1.807, 2.05) is 0 Å². The molecule has 49 heavy (non-hydrogen) atoms. The summed E-state index contributed by atoms with van der Waals surface area (Å²) in [6.45, 7) is 0. The number of rotatable bonds is 2. The molecule has 0 aliphatic carbocycles. The molecular formula is C46H27BrN2. The number of hydrogen-bond donors (Lipinski definition) is 2. The summed E-state index contributed by atoms with van der Waals surface area (Å²) < 4.78 is 1.11. The molecular weight excluding hydrogens is 660 g/mol. The van der Waals surface area contributed by atoms with Gasteiger partial charge in [0.2, 0.25) is 0 Å². The molecule has 9 aromatic carbocycles. The molecule has 0 fully saturated rings. The Morgan fingerprint density at radius 3 is 1.73 bits per heavy atom. The van der Waals surface area contributed by atoms with Crippen LogP contribution in [0.3, 0.4) is 0 Å². The van der Waals surface area contributed by atoms with Crippen LogP contribution in [-0.2, 0) is 0 Å². The third-order valence-corrected chi connectivity index (χ3v) is 11.4. The largest absolute Gasteiger partial charge is 0.354 e. The van der Waals surface area contributed by atoms with E-state index in [1.165, 1.54) is 86.9 Å². The number of H-pyrrole nitrogens is 2. The third kappa shape index (κ3) is 3.76. The molecule has 0 spiro atoms. The van der Waals surface area contributed by atoms with Crippen molar-refractivity contribution in [3.63, 3.8) is 0 Å². The van der Waals surface area contributed by atoms with Crippen LogP contribution in [0.25, 0.3) is 109 Å². The van der Waals surface area contributed by atoms with Crippen LogP contribution in [0.5, 0.6) is 0 Å². The van der Waals surface area contributed by atoms with E-state index in [1.54, 1.807) is 0 Å². The number of nitrogens with one attached hydrogen (secondary N) is 2. The normalized spacial score (nSPS) is 12.2. The van der Waals surface area contributed by atoms with Gasteiger partial charge in [-0.15, -0.1) is 0 Å². The molecule has 11 rings (SSSR count). The summed E-state index contributed by atoms with van der Waals surface area (Å²) in [7, 11) is 0. The van der Waals surface area contributed by atoms with Gasteiger partial charge in [0.15, 0.2) is 0 Å². The van der Waals surface area contributed by atoms with Crippen LogP contribution in [-0.4, -0.2) is 9.97 Å². The van der Waals surface area contributed by atoms with Gasteiger partial charge in [0.05, 0.1) is 5.52 Å². The summed E-state index contributed by atoms with van der Waals surface area (Å²) in [6.07, 6.45) is 0. The van der Waals surface area contributed by atoms with E-state index in [4.69, 9.17) is 0 Å². The molecule has 2 heterocycles. The van der Waals surface area contributed by atoms with Gasteiger partial charge < -0.3 is 9.97 Å². The SMILES string of the molecule is Brc1c(-c2ccc3ccc4[nH]c5cc(-c6ccccc6)c6ccccc6c5c4c3c2)c2[nH]c3ccc4ccccc4c3c2c2ccccc12. The second-order valence-electron chi connectivity index (χ2n) is 13.1. The molecule has 0 aliphatic heterocycles. The minimum atomic E-state index is 1.11. The van der Waals surface area contributed by atoms with Gasteiger partial charge in [0.25, 0.3) is 0 Å². The van der Waals surface area contributed by atoms with Crippen LogP contribution < -0.4 is 0 Å². The van der Waals surface area contributed by atoms with Crippen LogP contribution in [0.1, 0.15) is 0 Å². The lowest BCUT2D eigenvalue weighted by Gasteiger charge is -2.14. The van der Waals surface area contributed by atoms with Gasteiger partial charge in [-0.25, -0.2) is 0 Å². The molecule has 0 saturated carbocycles. The second-order valence-corrected chi connectivity index (χ2v) is 13.9. The first-order valence-electron chi connectivity index (χ1n) is 16.7. The predicted molar refractivity (Wildman–Crippen MR) is 214 cm³/mol. The van der Waals surface area contributed by atoms with Crippen LogP contribution in [0.2, 0.25) is 0 Å². The van der Waals surface area contributed by atoms with E-state index in [2.05, 4.69) is 178 Å². The standard InChI is InChI=1S/C46H27BrN2/c47-45-34-17-9-8-16-33(34)44-41-30-13-5-4-12-27(30)20-23-38(41)49-46(44)40(45)29-19-18-28-21-22-37-43(36(28)24-29)42-32-15-7-6-14-31(32)35(25-39(42)48-37)26-10-2-1-3-11-26/h1-25,48-49H. The van der Waals surface area contributed by atoms with Gasteiger partial charge in [-0.3, -0.25) is 0 Å². The highest BCUT2D eigenvalue weighted by Crippen LogP contribution is 2.47. The Labute approximate surface area is 289 Å². The maximum absolute atomic E-state index is 4.13. The minimum Gasteiger partial charge on any atom is -0.354 e. The lowest BCUT2D eigenvalue weighted by molar-refractivity contribution is 1.54. The van der Waals surface area contributed by atoms with Crippen LogP contribution in [0, 0.1) is 0 Å². The fourth-order valence-electron chi connectivity index (χ4n) is 8.43. The van der Waals surface area contributed by atoms with Gasteiger partial charge in [-0.2, -0.15) is 0 Å². The molecule has 2 aromatic heterocycles. The molecule has 0 unspecified atom stereocenters. The van der Waals surface area contributed by atoms with Crippen molar-refractivity contribution < 1.29 is 0 Å². The maximum Gasteiger partial charge on any atom is 0.0562 e. The third-order valence-electron chi connectivity index (χ3n) is 10.5. The molecule has 11 aromatic rings. The summed E-state index contributed by atoms with van der Waals surface area (Å²) in [5, 5.41) is 15.1. The molecule has 0 atom stereocenters. The molecule has 0 aliphatic rings. The summed E-state index contributed by atoms with van der Waals surface area (Å²) in [4.78, 5) is 7.71. The topological polar surface area (TPSA) is 31.6 Å². The minimum absolute atomic E-state index is 1.11. The van der Waals surface area contributed by atoms with Gasteiger partial charge in [-0.05, 0) is 100.0 Å². The van der Waals surface area contributed by atoms with Crippen molar-refractivity contribution in [1.29, 1.82) is 0 Å². The number of halogens is 1. The molecule has 228 valence electrons. The first kappa shape index (κ1) is 27.1. The van der Waals surface area contributed by atoms with E-state index >= 15 is 0 Å². The Balaban J connectivity index is 1.26. The highest BCUT2D eigenvalue weighted by molar-refractivity contribution is 9.10. The molecule has 2 N–H and O–H groups in total. The summed E-state index contributed by atoms with van der Waals surface area (Å²) in [5.41, 5.74) is 9.44. The fourth-order valence-corrected chi connectivity index (χ4v) is 9.20.